The maximum absolute atomic E-state index is 11.7. The van der Waals surface area contributed by atoms with Crippen LogP contribution in [-0.2, 0) is 9.59 Å². The molecule has 0 fully saturated rings. The zero-order chi connectivity index (χ0) is 13.7. The molecule has 7 nitrogen and oxygen atoms in total. The fraction of sp³-hybridized carbons (Fsp3) is 0.364. The summed E-state index contributed by atoms with van der Waals surface area (Å²) in [6.07, 6.45) is 2.95. The van der Waals surface area contributed by atoms with E-state index in [-0.39, 0.29) is 6.42 Å². The molecular formula is C11H17N5O2. The van der Waals surface area contributed by atoms with Crippen LogP contribution >= 0.6 is 0 Å². The number of hydrogen-bond donors (Lipinski definition) is 3. The van der Waals surface area contributed by atoms with Gasteiger partial charge >= 0.3 is 0 Å². The SMILES string of the molecule is CN(C)c1ccncc1NC(=O)C(N)CC(N)=O. The molecule has 1 heterocycles. The van der Waals surface area contributed by atoms with E-state index in [1.807, 2.05) is 19.0 Å². The zero-order valence-electron chi connectivity index (χ0n) is 10.4. The number of aromatic nitrogens is 1. The first-order valence-electron chi connectivity index (χ1n) is 5.38. The summed E-state index contributed by atoms with van der Waals surface area (Å²) in [7, 11) is 3.68. The third-order valence-electron chi connectivity index (χ3n) is 2.30. The number of anilines is 2. The van der Waals surface area contributed by atoms with Gasteiger partial charge in [0.1, 0.15) is 0 Å². The summed E-state index contributed by atoms with van der Waals surface area (Å²) in [6, 6.07) is 0.799. The number of amides is 2. The van der Waals surface area contributed by atoms with Crippen molar-refractivity contribution in [1.29, 1.82) is 0 Å². The number of carbonyl (C=O) groups excluding carboxylic acids is 2. The van der Waals surface area contributed by atoms with Crippen LogP contribution in [0.5, 0.6) is 0 Å². The molecule has 7 heteroatoms. The average Bonchev–Trinajstić information content (AvgIpc) is 2.28. The van der Waals surface area contributed by atoms with Crippen LogP contribution in [0.15, 0.2) is 18.5 Å². The molecule has 0 saturated carbocycles. The van der Waals surface area contributed by atoms with Gasteiger partial charge < -0.3 is 21.7 Å². The standard InChI is InChI=1S/C11H17N5O2/c1-16(2)9-3-4-14-6-8(9)15-11(18)7(12)5-10(13)17/h3-4,6-7H,5,12H2,1-2H3,(H2,13,17)(H,15,18). The molecule has 0 aliphatic rings. The van der Waals surface area contributed by atoms with Gasteiger partial charge in [-0.1, -0.05) is 0 Å². The Labute approximate surface area is 105 Å². The first kappa shape index (κ1) is 13.9. The van der Waals surface area contributed by atoms with Crippen LogP contribution < -0.4 is 21.7 Å². The Balaban J connectivity index is 2.78. The molecule has 98 valence electrons. The van der Waals surface area contributed by atoms with Crippen LogP contribution in [0.25, 0.3) is 0 Å². The van der Waals surface area contributed by atoms with Gasteiger partial charge in [-0.2, -0.15) is 0 Å². The van der Waals surface area contributed by atoms with E-state index in [0.717, 1.165) is 5.69 Å². The molecule has 0 bridgehead atoms. The molecule has 0 aromatic carbocycles. The molecular weight excluding hydrogens is 234 g/mol. The largest absolute Gasteiger partial charge is 0.376 e. The van der Waals surface area contributed by atoms with E-state index in [1.165, 1.54) is 6.20 Å². The molecule has 0 saturated heterocycles. The maximum atomic E-state index is 11.7. The Kier molecular flexibility index (Phi) is 4.61. The van der Waals surface area contributed by atoms with Gasteiger partial charge in [-0.25, -0.2) is 0 Å². The fourth-order valence-corrected chi connectivity index (χ4v) is 1.41. The van der Waals surface area contributed by atoms with Crippen LogP contribution in [0.2, 0.25) is 0 Å². The summed E-state index contributed by atoms with van der Waals surface area (Å²) in [5.41, 5.74) is 11.9. The summed E-state index contributed by atoms with van der Waals surface area (Å²) >= 11 is 0. The number of nitrogens with zero attached hydrogens (tertiary/aromatic N) is 2. The van der Waals surface area contributed by atoms with Gasteiger partial charge in [0.25, 0.3) is 0 Å². The molecule has 1 atom stereocenters. The molecule has 1 unspecified atom stereocenters. The smallest absolute Gasteiger partial charge is 0.241 e. The highest BCUT2D eigenvalue weighted by Crippen LogP contribution is 2.22. The number of rotatable bonds is 5. The van der Waals surface area contributed by atoms with Crippen LogP contribution in [0.1, 0.15) is 6.42 Å². The normalized spacial score (nSPS) is 11.7. The maximum Gasteiger partial charge on any atom is 0.241 e. The molecule has 0 aliphatic carbocycles. The molecule has 1 aromatic heterocycles. The first-order valence-corrected chi connectivity index (χ1v) is 5.38. The summed E-state index contributed by atoms with van der Waals surface area (Å²) < 4.78 is 0. The summed E-state index contributed by atoms with van der Waals surface area (Å²) in [5, 5.41) is 2.62. The zero-order valence-corrected chi connectivity index (χ0v) is 10.4. The second-order valence-corrected chi connectivity index (χ2v) is 4.05. The quantitative estimate of drug-likeness (QED) is 0.639. The molecule has 5 N–H and O–H groups in total. The van der Waals surface area contributed by atoms with E-state index in [9.17, 15) is 9.59 Å². The van der Waals surface area contributed by atoms with E-state index in [0.29, 0.717) is 5.69 Å². The van der Waals surface area contributed by atoms with Gasteiger partial charge in [-0.05, 0) is 6.07 Å². The van der Waals surface area contributed by atoms with Crippen molar-refractivity contribution in [3.05, 3.63) is 18.5 Å². The van der Waals surface area contributed by atoms with Crippen LogP contribution in [-0.4, -0.2) is 36.9 Å². The predicted molar refractivity (Wildman–Crippen MR) is 69.0 cm³/mol. The number of hydrogen-bond acceptors (Lipinski definition) is 5. The molecule has 0 radical (unpaired) electrons. The van der Waals surface area contributed by atoms with E-state index in [4.69, 9.17) is 11.5 Å². The number of primary amides is 1. The Morgan fingerprint density at radius 1 is 1.50 bits per heavy atom. The van der Waals surface area contributed by atoms with E-state index >= 15 is 0 Å². The summed E-state index contributed by atoms with van der Waals surface area (Å²) in [4.78, 5) is 28.2. The van der Waals surface area contributed by atoms with Crippen molar-refractivity contribution in [3.8, 4) is 0 Å². The second kappa shape index (κ2) is 5.97. The average molecular weight is 251 g/mol. The Morgan fingerprint density at radius 2 is 2.17 bits per heavy atom. The van der Waals surface area contributed by atoms with E-state index in [2.05, 4.69) is 10.3 Å². The third-order valence-corrected chi connectivity index (χ3v) is 2.30. The van der Waals surface area contributed by atoms with Crippen molar-refractivity contribution in [2.75, 3.05) is 24.3 Å². The van der Waals surface area contributed by atoms with Gasteiger partial charge in [0.15, 0.2) is 0 Å². The van der Waals surface area contributed by atoms with Crippen LogP contribution in [0.4, 0.5) is 11.4 Å². The van der Waals surface area contributed by atoms with Gasteiger partial charge in [0, 0.05) is 20.3 Å². The lowest BCUT2D eigenvalue weighted by Gasteiger charge is -2.18. The van der Waals surface area contributed by atoms with E-state index < -0.39 is 17.9 Å². The molecule has 2 amide bonds. The van der Waals surface area contributed by atoms with Crippen LogP contribution in [0.3, 0.4) is 0 Å². The fourth-order valence-electron chi connectivity index (χ4n) is 1.41. The van der Waals surface area contributed by atoms with Crippen molar-refractivity contribution in [3.63, 3.8) is 0 Å². The number of pyridine rings is 1. The van der Waals surface area contributed by atoms with Crippen molar-refractivity contribution in [1.82, 2.24) is 4.98 Å². The van der Waals surface area contributed by atoms with Crippen molar-refractivity contribution in [2.24, 2.45) is 11.5 Å². The highest BCUT2D eigenvalue weighted by molar-refractivity contribution is 5.99. The van der Waals surface area contributed by atoms with Gasteiger partial charge in [0.05, 0.1) is 30.0 Å². The Bertz CT molecular complexity index is 447. The highest BCUT2D eigenvalue weighted by Gasteiger charge is 2.17. The lowest BCUT2D eigenvalue weighted by molar-refractivity contribution is -0.123. The van der Waals surface area contributed by atoms with E-state index in [1.54, 1.807) is 12.3 Å². The number of nitrogens with one attached hydrogen (secondary N) is 1. The molecule has 0 aliphatic heterocycles. The Hall–Kier alpha value is -2.15. The number of nitrogens with two attached hydrogens (primary N) is 2. The minimum Gasteiger partial charge on any atom is -0.376 e. The van der Waals surface area contributed by atoms with Crippen molar-refractivity contribution < 1.29 is 9.59 Å². The van der Waals surface area contributed by atoms with Gasteiger partial charge in [-0.15, -0.1) is 0 Å². The lowest BCUT2D eigenvalue weighted by atomic mass is 10.2. The first-order chi connectivity index (χ1) is 8.41. The molecule has 0 spiro atoms. The van der Waals surface area contributed by atoms with Crippen molar-refractivity contribution in [2.45, 2.75) is 12.5 Å². The monoisotopic (exact) mass is 251 g/mol. The van der Waals surface area contributed by atoms with Gasteiger partial charge in [0.2, 0.25) is 11.8 Å². The Morgan fingerprint density at radius 3 is 2.72 bits per heavy atom. The number of carbonyl (C=O) groups is 2. The second-order valence-electron chi connectivity index (χ2n) is 4.05. The highest BCUT2D eigenvalue weighted by atomic mass is 16.2. The summed E-state index contributed by atoms with van der Waals surface area (Å²) in [6.45, 7) is 0. The summed E-state index contributed by atoms with van der Waals surface area (Å²) in [5.74, 6) is -1.08. The molecule has 1 aromatic rings. The molecule has 1 rings (SSSR count). The minimum atomic E-state index is -0.960. The van der Waals surface area contributed by atoms with Crippen molar-refractivity contribution >= 4 is 23.2 Å². The topological polar surface area (TPSA) is 114 Å². The predicted octanol–water partition coefficient (Wildman–Crippen LogP) is -0.711. The minimum absolute atomic E-state index is 0.191. The molecule has 18 heavy (non-hydrogen) atoms. The third kappa shape index (κ3) is 3.70. The van der Waals surface area contributed by atoms with Crippen LogP contribution in [0, 0.1) is 0 Å². The van der Waals surface area contributed by atoms with Gasteiger partial charge in [-0.3, -0.25) is 14.6 Å². The lowest BCUT2D eigenvalue weighted by Crippen LogP contribution is -2.39.